The lowest BCUT2D eigenvalue weighted by molar-refractivity contribution is -0.121. The van der Waals surface area contributed by atoms with E-state index in [9.17, 15) is 14.9 Å². The molecule has 7 nitrogen and oxygen atoms in total. The Labute approximate surface area is 189 Å². The fourth-order valence-corrected chi connectivity index (χ4v) is 4.47. The summed E-state index contributed by atoms with van der Waals surface area (Å²) in [5, 5.41) is 12.3. The molecule has 1 atom stereocenters. The lowest BCUT2D eigenvalue weighted by Crippen LogP contribution is -2.40. The highest BCUT2D eigenvalue weighted by Crippen LogP contribution is 2.26. The Hall–Kier alpha value is -3.11. The van der Waals surface area contributed by atoms with Crippen molar-refractivity contribution in [1.29, 1.82) is 5.26 Å². The molecule has 0 saturated carbocycles. The molecular weight excluding hydrogens is 404 g/mol. The summed E-state index contributed by atoms with van der Waals surface area (Å²) in [5.74, 6) is 0.780. The van der Waals surface area contributed by atoms with Crippen molar-refractivity contribution in [3.8, 4) is 11.8 Å². The van der Waals surface area contributed by atoms with E-state index < -0.39 is 0 Å². The number of aromatic amines is 1. The van der Waals surface area contributed by atoms with Crippen LogP contribution in [0.3, 0.4) is 0 Å². The zero-order valence-corrected chi connectivity index (χ0v) is 19.2. The van der Waals surface area contributed by atoms with Gasteiger partial charge in [0.15, 0.2) is 0 Å². The maximum absolute atomic E-state index is 12.7. The number of nitriles is 1. The molecule has 2 N–H and O–H groups in total. The van der Waals surface area contributed by atoms with Crippen LogP contribution >= 0.6 is 0 Å². The maximum atomic E-state index is 12.7. The number of aromatic nitrogens is 1. The van der Waals surface area contributed by atoms with Gasteiger partial charge in [0.2, 0.25) is 5.91 Å². The quantitative estimate of drug-likeness (QED) is 0.662. The molecule has 3 rings (SSSR count). The molecule has 1 aromatic carbocycles. The first-order chi connectivity index (χ1) is 15.4. The monoisotopic (exact) mass is 436 g/mol. The third-order valence-electron chi connectivity index (χ3n) is 6.35. The number of benzene rings is 1. The van der Waals surface area contributed by atoms with E-state index in [1.54, 1.807) is 21.0 Å². The molecule has 2 heterocycles. The number of carbonyl (C=O) groups is 1. The van der Waals surface area contributed by atoms with Crippen LogP contribution in [0.15, 0.2) is 29.1 Å². The molecule has 0 aliphatic carbocycles. The molecule has 0 spiro atoms. The van der Waals surface area contributed by atoms with Gasteiger partial charge in [-0.3, -0.25) is 14.5 Å². The van der Waals surface area contributed by atoms with E-state index in [2.05, 4.69) is 27.3 Å². The number of piperidine rings is 1. The fourth-order valence-electron chi connectivity index (χ4n) is 4.47. The van der Waals surface area contributed by atoms with Crippen LogP contribution in [-0.2, 0) is 11.2 Å². The summed E-state index contributed by atoms with van der Waals surface area (Å²) in [4.78, 5) is 29.8. The van der Waals surface area contributed by atoms with Crippen LogP contribution in [0.25, 0.3) is 0 Å². The topological polar surface area (TPSA) is 98.2 Å². The van der Waals surface area contributed by atoms with Gasteiger partial charge >= 0.3 is 0 Å². The Balaban J connectivity index is 1.66. The van der Waals surface area contributed by atoms with Crippen molar-refractivity contribution in [1.82, 2.24) is 15.2 Å². The van der Waals surface area contributed by atoms with Crippen LogP contribution in [0.4, 0.5) is 0 Å². The molecule has 1 aliphatic heterocycles. The molecule has 0 radical (unpaired) electrons. The van der Waals surface area contributed by atoms with E-state index in [4.69, 9.17) is 4.74 Å². The van der Waals surface area contributed by atoms with Gasteiger partial charge < -0.3 is 15.0 Å². The number of hydrogen-bond acceptors (Lipinski definition) is 5. The minimum atomic E-state index is -0.375. The number of rotatable bonds is 8. The summed E-state index contributed by atoms with van der Waals surface area (Å²) >= 11 is 0. The van der Waals surface area contributed by atoms with Crippen molar-refractivity contribution >= 4 is 5.91 Å². The summed E-state index contributed by atoms with van der Waals surface area (Å²) in [7, 11) is 1.66. The largest absolute Gasteiger partial charge is 0.497 e. The second kappa shape index (κ2) is 11.0. The molecule has 2 aromatic rings. The van der Waals surface area contributed by atoms with Gasteiger partial charge in [0, 0.05) is 18.7 Å². The number of ether oxygens (including phenoxy) is 1. The van der Waals surface area contributed by atoms with Crippen LogP contribution in [0, 0.1) is 25.2 Å². The fraction of sp³-hybridized carbons (Fsp3) is 0.480. The van der Waals surface area contributed by atoms with Crippen molar-refractivity contribution in [3.05, 3.63) is 62.6 Å². The summed E-state index contributed by atoms with van der Waals surface area (Å²) in [6.07, 6.45) is 4.37. The number of hydrogen-bond donors (Lipinski definition) is 2. The Kier molecular flexibility index (Phi) is 8.07. The zero-order chi connectivity index (χ0) is 23.1. The van der Waals surface area contributed by atoms with Gasteiger partial charge in [-0.15, -0.1) is 0 Å². The summed E-state index contributed by atoms with van der Waals surface area (Å²) in [5.41, 5.74) is 3.14. The zero-order valence-electron chi connectivity index (χ0n) is 19.2. The third-order valence-corrected chi connectivity index (χ3v) is 6.35. The first kappa shape index (κ1) is 23.6. The van der Waals surface area contributed by atoms with Gasteiger partial charge in [-0.25, -0.2) is 0 Å². The van der Waals surface area contributed by atoms with E-state index in [-0.39, 0.29) is 23.1 Å². The number of H-pyrrole nitrogens is 1. The van der Waals surface area contributed by atoms with Gasteiger partial charge in [0.25, 0.3) is 5.56 Å². The molecule has 0 bridgehead atoms. The van der Waals surface area contributed by atoms with E-state index in [1.807, 2.05) is 18.2 Å². The average molecular weight is 437 g/mol. The van der Waals surface area contributed by atoms with Gasteiger partial charge in [-0.05, 0) is 75.0 Å². The minimum absolute atomic E-state index is 0.0379. The Morgan fingerprint density at radius 2 is 1.91 bits per heavy atom. The Morgan fingerprint density at radius 3 is 2.53 bits per heavy atom. The van der Waals surface area contributed by atoms with Crippen LogP contribution in [0.1, 0.15) is 59.7 Å². The predicted octanol–water partition coefficient (Wildman–Crippen LogP) is 3.15. The Morgan fingerprint density at radius 1 is 1.22 bits per heavy atom. The predicted molar refractivity (Wildman–Crippen MR) is 124 cm³/mol. The smallest absolute Gasteiger partial charge is 0.266 e. The number of methoxy groups -OCH3 is 1. The number of carbonyl (C=O) groups excluding carboxylic acids is 1. The number of likely N-dealkylation sites (tertiary alicyclic amines) is 1. The van der Waals surface area contributed by atoms with Crippen LogP contribution in [-0.4, -0.2) is 42.5 Å². The first-order valence-corrected chi connectivity index (χ1v) is 11.2. The van der Waals surface area contributed by atoms with Crippen LogP contribution < -0.4 is 15.6 Å². The van der Waals surface area contributed by atoms with Crippen molar-refractivity contribution in [2.24, 2.45) is 0 Å². The molecule has 1 saturated heterocycles. The van der Waals surface area contributed by atoms with E-state index in [0.29, 0.717) is 30.6 Å². The average Bonchev–Trinajstić information content (AvgIpc) is 2.80. The maximum Gasteiger partial charge on any atom is 0.266 e. The molecule has 1 amide bonds. The van der Waals surface area contributed by atoms with Gasteiger partial charge in [-0.1, -0.05) is 18.6 Å². The van der Waals surface area contributed by atoms with E-state index in [0.717, 1.165) is 24.4 Å². The lowest BCUT2D eigenvalue weighted by Gasteiger charge is -2.35. The lowest BCUT2D eigenvalue weighted by atomic mass is 9.98. The molecule has 1 unspecified atom stereocenters. The number of amides is 1. The van der Waals surface area contributed by atoms with Crippen molar-refractivity contribution in [2.75, 3.05) is 26.7 Å². The van der Waals surface area contributed by atoms with E-state index in [1.165, 1.54) is 24.8 Å². The summed E-state index contributed by atoms with van der Waals surface area (Å²) < 4.78 is 5.28. The second-order valence-electron chi connectivity index (χ2n) is 8.36. The molecular formula is C25H32N4O3. The minimum Gasteiger partial charge on any atom is -0.497 e. The number of nitrogens with one attached hydrogen (secondary N) is 2. The first-order valence-electron chi connectivity index (χ1n) is 11.2. The van der Waals surface area contributed by atoms with Crippen molar-refractivity contribution in [2.45, 2.75) is 52.0 Å². The Bertz CT molecular complexity index is 1030. The second-order valence-corrected chi connectivity index (χ2v) is 8.36. The molecule has 1 aliphatic rings. The highest BCUT2D eigenvalue weighted by Gasteiger charge is 2.23. The standard InChI is InChI=1S/C25H32N4O3/c1-17-21(18(2)28-25(31)22(17)15-26)11-12-24(30)27-16-23(29-13-5-4-6-14-29)19-7-9-20(32-3)10-8-19/h7-10,23H,4-6,11-14,16H2,1-3H3,(H,27,30)(H,28,31). The van der Waals surface area contributed by atoms with Crippen molar-refractivity contribution in [3.63, 3.8) is 0 Å². The van der Waals surface area contributed by atoms with E-state index >= 15 is 0 Å². The molecule has 1 aromatic heterocycles. The normalized spacial score (nSPS) is 15.1. The summed E-state index contributed by atoms with van der Waals surface area (Å²) in [6.45, 7) is 6.17. The van der Waals surface area contributed by atoms with Gasteiger partial charge in [0.05, 0.1) is 13.2 Å². The SMILES string of the molecule is COc1ccc(C(CNC(=O)CCc2c(C)[nH]c(=O)c(C#N)c2C)N2CCCCC2)cc1. The molecule has 1 fully saturated rings. The highest BCUT2D eigenvalue weighted by atomic mass is 16.5. The molecule has 32 heavy (non-hydrogen) atoms. The molecule has 170 valence electrons. The third kappa shape index (κ3) is 5.57. The van der Waals surface area contributed by atoms with Crippen LogP contribution in [0.2, 0.25) is 0 Å². The summed E-state index contributed by atoms with van der Waals surface area (Å²) in [6, 6.07) is 10.1. The number of aryl methyl sites for hydroxylation is 1. The molecule has 7 heteroatoms. The van der Waals surface area contributed by atoms with Crippen LogP contribution in [0.5, 0.6) is 5.75 Å². The number of pyridine rings is 1. The van der Waals surface area contributed by atoms with Crippen molar-refractivity contribution < 1.29 is 9.53 Å². The van der Waals surface area contributed by atoms with Gasteiger partial charge in [0.1, 0.15) is 17.4 Å². The highest BCUT2D eigenvalue weighted by molar-refractivity contribution is 5.76. The van der Waals surface area contributed by atoms with Gasteiger partial charge in [-0.2, -0.15) is 5.26 Å². The number of nitrogens with zero attached hydrogens (tertiary/aromatic N) is 2.